The maximum atomic E-state index is 15.8. The van der Waals surface area contributed by atoms with Crippen molar-refractivity contribution < 1.29 is 18.2 Å². The van der Waals surface area contributed by atoms with Crippen molar-refractivity contribution in [2.75, 3.05) is 0 Å². The van der Waals surface area contributed by atoms with Gasteiger partial charge in [-0.1, -0.05) is 42.5 Å². The van der Waals surface area contributed by atoms with E-state index in [2.05, 4.69) is 4.99 Å². The Hall–Kier alpha value is -4.26. The Morgan fingerprint density at radius 3 is 2.43 bits per heavy atom. The van der Waals surface area contributed by atoms with Crippen LogP contribution in [0.1, 0.15) is 41.9 Å². The second kappa shape index (κ2) is 8.13. The van der Waals surface area contributed by atoms with Crippen LogP contribution >= 0.6 is 0 Å². The van der Waals surface area contributed by atoms with Crippen LogP contribution in [0.15, 0.2) is 89.1 Å². The lowest BCUT2D eigenvalue weighted by atomic mass is 9.84. The molecule has 37 heavy (non-hydrogen) atoms. The number of hydrogen-bond donors (Lipinski definition) is 1. The summed E-state index contributed by atoms with van der Waals surface area (Å²) in [6, 6.07) is 20.8. The number of allylic oxidation sites excluding steroid dienone is 2. The van der Waals surface area contributed by atoms with Gasteiger partial charge in [0.2, 0.25) is 0 Å². The van der Waals surface area contributed by atoms with Crippen LogP contribution in [0.2, 0.25) is 0 Å². The summed E-state index contributed by atoms with van der Waals surface area (Å²) in [5.74, 6) is 0.165. The minimum Gasteiger partial charge on any atom is -0.507 e. The maximum absolute atomic E-state index is 15.8. The van der Waals surface area contributed by atoms with Crippen molar-refractivity contribution in [2.24, 2.45) is 4.99 Å². The lowest BCUT2D eigenvalue weighted by Gasteiger charge is -2.34. The second-order valence-corrected chi connectivity index (χ2v) is 9.86. The van der Waals surface area contributed by atoms with Gasteiger partial charge in [-0.3, -0.25) is 4.99 Å². The highest BCUT2D eigenvalue weighted by Crippen LogP contribution is 2.44. The Balaban J connectivity index is 1.46. The van der Waals surface area contributed by atoms with E-state index < -0.39 is 6.97 Å². The SMILES string of the molecule is CC1=CC(C)=[N+]2C1=C(c1ccc(N=Cc3c(O)ccc4ccccc34)cc1)c1c(C)cc(C)n1[B-]2(F)F. The van der Waals surface area contributed by atoms with Crippen LogP contribution in [0, 0.1) is 13.8 Å². The first-order valence-corrected chi connectivity index (χ1v) is 12.3. The fourth-order valence-corrected chi connectivity index (χ4v) is 5.85. The number of hydrogen-bond acceptors (Lipinski definition) is 2. The number of fused-ring (bicyclic) bond motifs is 3. The molecule has 1 aromatic heterocycles. The third-order valence-corrected chi connectivity index (χ3v) is 7.38. The minimum atomic E-state index is -4.00. The van der Waals surface area contributed by atoms with Crippen molar-refractivity contribution >= 4 is 40.9 Å². The number of rotatable bonds is 3. The summed E-state index contributed by atoms with van der Waals surface area (Å²) < 4.78 is 34.1. The molecule has 0 amide bonds. The average Bonchev–Trinajstić information content (AvgIpc) is 3.34. The summed E-state index contributed by atoms with van der Waals surface area (Å²) in [6.07, 6.45) is 3.50. The van der Waals surface area contributed by atoms with Crippen LogP contribution in [-0.4, -0.2) is 33.0 Å². The number of phenolic OH excluding ortho intramolecular Hbond substituents is 1. The Morgan fingerprint density at radius 2 is 1.68 bits per heavy atom. The van der Waals surface area contributed by atoms with Crippen LogP contribution in [-0.2, 0) is 0 Å². The molecule has 0 spiro atoms. The summed E-state index contributed by atoms with van der Waals surface area (Å²) in [4.78, 5) is 4.61. The number of halogens is 2. The molecule has 0 atom stereocenters. The monoisotopic (exact) mass is 493 g/mol. The number of benzene rings is 3. The summed E-state index contributed by atoms with van der Waals surface area (Å²) >= 11 is 0. The lowest BCUT2D eigenvalue weighted by Crippen LogP contribution is -2.51. The van der Waals surface area contributed by atoms with E-state index in [1.165, 1.54) is 8.96 Å². The van der Waals surface area contributed by atoms with E-state index in [-0.39, 0.29) is 5.75 Å². The van der Waals surface area contributed by atoms with Gasteiger partial charge in [-0.05, 0) is 72.6 Å². The molecule has 0 unspecified atom stereocenters. The highest BCUT2D eigenvalue weighted by atomic mass is 19.2. The Morgan fingerprint density at radius 1 is 0.946 bits per heavy atom. The predicted molar refractivity (Wildman–Crippen MR) is 147 cm³/mol. The van der Waals surface area contributed by atoms with Crippen molar-refractivity contribution in [1.82, 2.24) is 4.48 Å². The zero-order chi connectivity index (χ0) is 26.1. The van der Waals surface area contributed by atoms with Crippen LogP contribution in [0.5, 0.6) is 5.75 Å². The maximum Gasteiger partial charge on any atom is 0.737 e. The summed E-state index contributed by atoms with van der Waals surface area (Å²) in [7, 11) is 0. The molecular formula is C30H26BF2N3O. The Labute approximate surface area is 214 Å². The highest BCUT2D eigenvalue weighted by molar-refractivity contribution is 6.58. The fraction of sp³-hybridized carbons (Fsp3) is 0.133. The van der Waals surface area contributed by atoms with E-state index in [0.29, 0.717) is 34.0 Å². The molecule has 0 bridgehead atoms. The molecule has 7 heteroatoms. The molecule has 0 aliphatic carbocycles. The molecule has 4 nitrogen and oxygen atoms in total. The average molecular weight is 493 g/mol. The third-order valence-electron chi connectivity index (χ3n) is 7.38. The summed E-state index contributed by atoms with van der Waals surface area (Å²) in [5, 5.41) is 12.4. The molecule has 4 aromatic rings. The Kier molecular flexibility index (Phi) is 5.09. The smallest absolute Gasteiger partial charge is 0.507 e. The molecule has 0 radical (unpaired) electrons. The summed E-state index contributed by atoms with van der Waals surface area (Å²) in [5.41, 5.74) is 6.87. The van der Waals surface area contributed by atoms with Gasteiger partial charge in [0.25, 0.3) is 0 Å². The van der Waals surface area contributed by atoms with Crippen LogP contribution < -0.4 is 0 Å². The molecule has 184 valence electrons. The van der Waals surface area contributed by atoms with Crippen LogP contribution in [0.4, 0.5) is 14.3 Å². The van der Waals surface area contributed by atoms with Crippen LogP contribution in [0.25, 0.3) is 16.3 Å². The standard InChI is InChI=1S/C30H26BF2N3O/c1-18-15-20(3)35-29(18)28(30-19(2)16-21(4)36(30)31(35,32)33)23-9-12-24(13-10-23)34-17-26-25-8-6-5-7-22(25)11-14-27(26)37/h5-17,37H,1-4H3. The fourth-order valence-electron chi connectivity index (χ4n) is 5.85. The number of aromatic nitrogens is 1. The number of phenols is 1. The van der Waals surface area contributed by atoms with Gasteiger partial charge in [0, 0.05) is 36.0 Å². The van der Waals surface area contributed by atoms with Gasteiger partial charge in [-0.2, -0.15) is 0 Å². The van der Waals surface area contributed by atoms with Crippen molar-refractivity contribution in [3.8, 4) is 5.75 Å². The summed E-state index contributed by atoms with van der Waals surface area (Å²) in [6.45, 7) is 3.25. The molecule has 2 aliphatic rings. The molecule has 3 aromatic carbocycles. The topological polar surface area (TPSA) is 40.5 Å². The van der Waals surface area contributed by atoms with Gasteiger partial charge in [0.1, 0.15) is 11.5 Å². The number of aromatic hydroxyl groups is 1. The van der Waals surface area contributed by atoms with Crippen molar-refractivity contribution in [3.63, 3.8) is 0 Å². The molecule has 6 rings (SSSR count). The molecule has 0 fully saturated rings. The van der Waals surface area contributed by atoms with E-state index in [4.69, 9.17) is 0 Å². The Bertz CT molecular complexity index is 1740. The first-order valence-electron chi connectivity index (χ1n) is 12.3. The minimum absolute atomic E-state index is 0.165. The number of nitrogens with zero attached hydrogens (tertiary/aromatic N) is 3. The lowest BCUT2D eigenvalue weighted by molar-refractivity contribution is -0.363. The predicted octanol–water partition coefficient (Wildman–Crippen LogP) is 7.14. The van der Waals surface area contributed by atoms with E-state index in [0.717, 1.165) is 33.0 Å². The van der Waals surface area contributed by atoms with Gasteiger partial charge >= 0.3 is 6.97 Å². The van der Waals surface area contributed by atoms with Gasteiger partial charge in [-0.25, -0.2) is 0 Å². The largest absolute Gasteiger partial charge is 0.737 e. The molecule has 0 saturated carbocycles. The molecule has 1 N–H and O–H groups in total. The third kappa shape index (κ3) is 3.41. The van der Waals surface area contributed by atoms with Gasteiger partial charge in [-0.15, -0.1) is 0 Å². The molecule has 2 aliphatic heterocycles. The molecule has 3 heterocycles. The van der Waals surface area contributed by atoms with Crippen molar-refractivity contribution in [3.05, 3.63) is 112 Å². The first kappa shape index (κ1) is 23.2. The number of aryl methyl sites for hydroxylation is 2. The quantitative estimate of drug-likeness (QED) is 0.239. The van der Waals surface area contributed by atoms with Crippen molar-refractivity contribution in [2.45, 2.75) is 27.7 Å². The van der Waals surface area contributed by atoms with Gasteiger partial charge in [0.05, 0.1) is 11.3 Å². The molecular weight excluding hydrogens is 467 g/mol. The van der Waals surface area contributed by atoms with E-state index in [9.17, 15) is 5.11 Å². The second-order valence-electron chi connectivity index (χ2n) is 9.86. The van der Waals surface area contributed by atoms with Crippen LogP contribution in [0.3, 0.4) is 0 Å². The van der Waals surface area contributed by atoms with Crippen molar-refractivity contribution in [1.29, 1.82) is 0 Å². The van der Waals surface area contributed by atoms with E-state index in [1.54, 1.807) is 26.1 Å². The first-order chi connectivity index (χ1) is 17.7. The zero-order valence-electron chi connectivity index (χ0n) is 21.1. The van der Waals surface area contributed by atoms with Gasteiger partial charge in [0.15, 0.2) is 5.70 Å². The number of aliphatic imine (C=N–C) groups is 1. The highest BCUT2D eigenvalue weighted by Gasteiger charge is 2.55. The van der Waals surface area contributed by atoms with E-state index >= 15 is 8.63 Å². The van der Waals surface area contributed by atoms with Gasteiger partial charge < -0.3 is 22.7 Å². The molecule has 0 saturated heterocycles. The normalized spacial score (nSPS) is 16.5. The zero-order valence-corrected chi connectivity index (χ0v) is 21.1. The van der Waals surface area contributed by atoms with E-state index in [1.807, 2.05) is 80.6 Å².